The summed E-state index contributed by atoms with van der Waals surface area (Å²) in [6, 6.07) is 1.36. The Hall–Kier alpha value is -2.31. The monoisotopic (exact) mass is 266 g/mol. The van der Waals surface area contributed by atoms with Crippen molar-refractivity contribution in [3.8, 4) is 0 Å². The van der Waals surface area contributed by atoms with E-state index in [1.807, 2.05) is 6.92 Å². The third-order valence-electron chi connectivity index (χ3n) is 2.60. The summed E-state index contributed by atoms with van der Waals surface area (Å²) >= 11 is 0. The van der Waals surface area contributed by atoms with E-state index in [0.29, 0.717) is 12.4 Å². The van der Waals surface area contributed by atoms with Gasteiger partial charge < -0.3 is 21.5 Å². The lowest BCUT2D eigenvalue weighted by Crippen LogP contribution is -2.35. The van der Waals surface area contributed by atoms with Gasteiger partial charge >= 0.3 is 5.97 Å². The third-order valence-corrected chi connectivity index (χ3v) is 2.60. The van der Waals surface area contributed by atoms with E-state index in [9.17, 15) is 9.59 Å². The van der Waals surface area contributed by atoms with Crippen LogP contribution < -0.4 is 16.4 Å². The van der Waals surface area contributed by atoms with E-state index in [-0.39, 0.29) is 17.8 Å². The van der Waals surface area contributed by atoms with Gasteiger partial charge in [-0.15, -0.1) is 0 Å². The van der Waals surface area contributed by atoms with Crippen molar-refractivity contribution in [2.24, 2.45) is 5.73 Å². The molecule has 1 amide bonds. The number of unbranched alkanes of at least 4 members (excludes halogenated alkanes) is 1. The molecule has 0 saturated heterocycles. The van der Waals surface area contributed by atoms with Crippen LogP contribution in [0.3, 0.4) is 0 Å². The predicted octanol–water partition coefficient (Wildman–Crippen LogP) is 0.454. The zero-order chi connectivity index (χ0) is 14.4. The van der Waals surface area contributed by atoms with Gasteiger partial charge in [-0.25, -0.2) is 9.78 Å². The average molecular weight is 266 g/mol. The van der Waals surface area contributed by atoms with E-state index in [2.05, 4.69) is 4.98 Å². The smallest absolute Gasteiger partial charge is 0.337 e. The van der Waals surface area contributed by atoms with Crippen LogP contribution in [0, 0.1) is 0 Å². The number of nitrogen functional groups attached to an aromatic ring is 1. The normalized spacial score (nSPS) is 10.2. The molecule has 0 aliphatic rings. The van der Waals surface area contributed by atoms with E-state index in [1.165, 1.54) is 12.3 Å². The summed E-state index contributed by atoms with van der Waals surface area (Å²) in [4.78, 5) is 27.8. The predicted molar refractivity (Wildman–Crippen MR) is 71.9 cm³/mol. The molecule has 5 N–H and O–H groups in total. The number of carboxylic acid groups (broad SMARTS) is 1. The molecule has 0 bridgehead atoms. The number of rotatable bonds is 7. The van der Waals surface area contributed by atoms with E-state index in [4.69, 9.17) is 16.6 Å². The molecule has 1 aromatic rings. The van der Waals surface area contributed by atoms with Crippen molar-refractivity contribution < 1.29 is 14.7 Å². The Balaban J connectivity index is 3.03. The van der Waals surface area contributed by atoms with Crippen molar-refractivity contribution in [2.45, 2.75) is 19.8 Å². The van der Waals surface area contributed by atoms with Gasteiger partial charge in [0.2, 0.25) is 5.91 Å². The van der Waals surface area contributed by atoms with Gasteiger partial charge in [0.1, 0.15) is 5.82 Å². The number of carboxylic acids is 1. The van der Waals surface area contributed by atoms with Crippen LogP contribution in [-0.2, 0) is 4.79 Å². The van der Waals surface area contributed by atoms with E-state index in [1.54, 1.807) is 4.90 Å². The molecule has 7 nitrogen and oxygen atoms in total. The van der Waals surface area contributed by atoms with Crippen LogP contribution >= 0.6 is 0 Å². The fraction of sp³-hybridized carbons (Fsp3) is 0.417. The summed E-state index contributed by atoms with van der Waals surface area (Å²) in [6.07, 6.45) is 3.07. The summed E-state index contributed by atoms with van der Waals surface area (Å²) in [5.41, 5.74) is 10.8. The molecular formula is C12H18N4O3. The number of amides is 1. The molecule has 7 heteroatoms. The minimum absolute atomic E-state index is 0.00399. The third kappa shape index (κ3) is 4.13. The van der Waals surface area contributed by atoms with Crippen molar-refractivity contribution in [2.75, 3.05) is 23.7 Å². The first-order valence-electron chi connectivity index (χ1n) is 5.97. The standard InChI is InChI=1S/C12H18N4O3/c1-2-3-4-16(7-10(14)17)11-5-8(12(18)19)9(13)6-15-11/h5-6H,2-4,7,13H2,1H3,(H2,14,17)(H,18,19). The Kier molecular flexibility index (Phi) is 5.11. The molecule has 0 unspecified atom stereocenters. The highest BCUT2D eigenvalue weighted by atomic mass is 16.4. The van der Waals surface area contributed by atoms with Gasteiger partial charge in [0, 0.05) is 6.54 Å². The van der Waals surface area contributed by atoms with Gasteiger partial charge in [-0.3, -0.25) is 4.79 Å². The molecule has 0 spiro atoms. The number of hydrogen-bond acceptors (Lipinski definition) is 5. The van der Waals surface area contributed by atoms with Crippen LogP contribution in [0.4, 0.5) is 11.5 Å². The van der Waals surface area contributed by atoms with Crippen molar-refractivity contribution in [3.63, 3.8) is 0 Å². The van der Waals surface area contributed by atoms with E-state index < -0.39 is 11.9 Å². The fourth-order valence-corrected chi connectivity index (χ4v) is 1.62. The Bertz CT molecular complexity index is 476. The summed E-state index contributed by atoms with van der Waals surface area (Å²) < 4.78 is 0. The maximum absolute atomic E-state index is 11.0. The minimum atomic E-state index is -1.13. The van der Waals surface area contributed by atoms with Gasteiger partial charge in [-0.2, -0.15) is 0 Å². The molecule has 1 aromatic heterocycles. The number of aromatic nitrogens is 1. The molecule has 0 saturated carbocycles. The highest BCUT2D eigenvalue weighted by Crippen LogP contribution is 2.18. The lowest BCUT2D eigenvalue weighted by molar-refractivity contribution is -0.116. The van der Waals surface area contributed by atoms with Crippen molar-refractivity contribution in [1.29, 1.82) is 0 Å². The average Bonchev–Trinajstić information content (AvgIpc) is 2.34. The SMILES string of the molecule is CCCCN(CC(N)=O)c1cc(C(=O)O)c(N)cn1. The maximum Gasteiger partial charge on any atom is 0.337 e. The van der Waals surface area contributed by atoms with Gasteiger partial charge in [0.15, 0.2) is 0 Å². The second kappa shape index (κ2) is 6.58. The number of pyridine rings is 1. The topological polar surface area (TPSA) is 123 Å². The first-order chi connectivity index (χ1) is 8.95. The van der Waals surface area contributed by atoms with Gasteiger partial charge in [-0.1, -0.05) is 13.3 Å². The van der Waals surface area contributed by atoms with Gasteiger partial charge in [0.25, 0.3) is 0 Å². The number of nitrogens with two attached hydrogens (primary N) is 2. The molecule has 0 atom stereocenters. The van der Waals surface area contributed by atoms with Gasteiger partial charge in [-0.05, 0) is 12.5 Å². The number of carbonyl (C=O) groups is 2. The Morgan fingerprint density at radius 1 is 1.47 bits per heavy atom. The molecule has 19 heavy (non-hydrogen) atoms. The van der Waals surface area contributed by atoms with Gasteiger partial charge in [0.05, 0.1) is 24.0 Å². The van der Waals surface area contributed by atoms with Crippen LogP contribution in [0.1, 0.15) is 30.1 Å². The largest absolute Gasteiger partial charge is 0.478 e. The number of anilines is 2. The molecule has 104 valence electrons. The maximum atomic E-state index is 11.0. The zero-order valence-electron chi connectivity index (χ0n) is 10.8. The number of nitrogens with zero attached hydrogens (tertiary/aromatic N) is 2. The molecule has 0 aliphatic heterocycles. The van der Waals surface area contributed by atoms with Crippen LogP contribution in [0.2, 0.25) is 0 Å². The molecule has 1 heterocycles. The van der Waals surface area contributed by atoms with Crippen LogP contribution in [0.15, 0.2) is 12.3 Å². The molecule has 0 fully saturated rings. The van der Waals surface area contributed by atoms with Crippen LogP contribution in [0.25, 0.3) is 0 Å². The number of carbonyl (C=O) groups excluding carboxylic acids is 1. The Morgan fingerprint density at radius 3 is 2.68 bits per heavy atom. The zero-order valence-corrected chi connectivity index (χ0v) is 10.8. The molecule has 0 aliphatic carbocycles. The quantitative estimate of drug-likeness (QED) is 0.658. The second-order valence-electron chi connectivity index (χ2n) is 4.18. The molecule has 1 rings (SSSR count). The van der Waals surface area contributed by atoms with Crippen LogP contribution in [0.5, 0.6) is 0 Å². The highest BCUT2D eigenvalue weighted by molar-refractivity contribution is 5.94. The van der Waals surface area contributed by atoms with E-state index >= 15 is 0 Å². The molecule has 0 radical (unpaired) electrons. The lowest BCUT2D eigenvalue weighted by atomic mass is 10.2. The summed E-state index contributed by atoms with van der Waals surface area (Å²) in [5, 5.41) is 9.01. The highest BCUT2D eigenvalue weighted by Gasteiger charge is 2.15. The number of hydrogen-bond donors (Lipinski definition) is 3. The van der Waals surface area contributed by atoms with Crippen molar-refractivity contribution in [3.05, 3.63) is 17.8 Å². The van der Waals surface area contributed by atoms with Crippen molar-refractivity contribution in [1.82, 2.24) is 4.98 Å². The first kappa shape index (κ1) is 14.7. The molecule has 0 aromatic carbocycles. The summed E-state index contributed by atoms with van der Waals surface area (Å²) in [7, 11) is 0. The lowest BCUT2D eigenvalue weighted by Gasteiger charge is -2.22. The van der Waals surface area contributed by atoms with Crippen molar-refractivity contribution >= 4 is 23.4 Å². The van der Waals surface area contributed by atoms with Crippen LogP contribution in [-0.4, -0.2) is 35.1 Å². The summed E-state index contributed by atoms with van der Waals surface area (Å²) in [6.45, 7) is 2.59. The summed E-state index contributed by atoms with van der Waals surface area (Å²) in [5.74, 6) is -1.24. The minimum Gasteiger partial charge on any atom is -0.478 e. The second-order valence-corrected chi connectivity index (χ2v) is 4.18. The fourth-order valence-electron chi connectivity index (χ4n) is 1.62. The number of primary amides is 1. The Morgan fingerprint density at radius 2 is 2.16 bits per heavy atom. The number of aromatic carboxylic acids is 1. The van der Waals surface area contributed by atoms with E-state index in [0.717, 1.165) is 12.8 Å². The first-order valence-corrected chi connectivity index (χ1v) is 5.97. The molecular weight excluding hydrogens is 248 g/mol. The Labute approximate surface area is 111 Å².